The van der Waals surface area contributed by atoms with Crippen molar-refractivity contribution in [1.82, 2.24) is 15.2 Å². The molecule has 1 N–H and O–H groups in total. The Bertz CT molecular complexity index is 444. The molecule has 2 rings (SSSR count). The first-order chi connectivity index (χ1) is 10.2. The molecule has 1 aromatic heterocycles. The van der Waals surface area contributed by atoms with Gasteiger partial charge in [-0.25, -0.2) is 0 Å². The molecule has 5 heteroatoms. The first kappa shape index (κ1) is 15.9. The monoisotopic (exact) mass is 291 g/mol. The molecule has 1 amide bonds. The summed E-state index contributed by atoms with van der Waals surface area (Å²) in [7, 11) is 1.66. The summed E-state index contributed by atoms with van der Waals surface area (Å²) in [5, 5.41) is 3.32. The Labute approximate surface area is 126 Å². The predicted octanol–water partition coefficient (Wildman–Crippen LogP) is 1.45. The van der Waals surface area contributed by atoms with Crippen molar-refractivity contribution >= 4 is 5.91 Å². The van der Waals surface area contributed by atoms with Gasteiger partial charge in [0.05, 0.1) is 18.8 Å². The van der Waals surface area contributed by atoms with Crippen LogP contribution in [0, 0.1) is 5.41 Å². The summed E-state index contributed by atoms with van der Waals surface area (Å²) in [5.41, 5.74) is 0.646. The lowest BCUT2D eigenvalue weighted by molar-refractivity contribution is -0.144. The number of aromatic nitrogens is 1. The van der Waals surface area contributed by atoms with Gasteiger partial charge in [-0.1, -0.05) is 13.0 Å². The molecule has 0 atom stereocenters. The van der Waals surface area contributed by atoms with Gasteiger partial charge in [-0.15, -0.1) is 0 Å². The maximum atomic E-state index is 12.9. The number of rotatable bonds is 6. The van der Waals surface area contributed by atoms with Gasteiger partial charge in [-0.3, -0.25) is 9.78 Å². The third-order valence-corrected chi connectivity index (χ3v) is 4.15. The molecule has 1 aliphatic heterocycles. The van der Waals surface area contributed by atoms with Crippen LogP contribution in [0.2, 0.25) is 0 Å². The minimum Gasteiger partial charge on any atom is -0.383 e. The molecule has 0 aromatic carbocycles. The van der Waals surface area contributed by atoms with E-state index in [1.165, 1.54) is 0 Å². The normalized spacial score (nSPS) is 17.4. The lowest BCUT2D eigenvalue weighted by Gasteiger charge is -2.37. The second-order valence-corrected chi connectivity index (χ2v) is 5.85. The van der Waals surface area contributed by atoms with Gasteiger partial charge >= 0.3 is 0 Å². The molecule has 1 fully saturated rings. The number of nitrogens with one attached hydrogen (secondary N) is 1. The molecule has 2 heterocycles. The zero-order valence-corrected chi connectivity index (χ0v) is 13.0. The SMILES string of the molecule is COCCN(Cc1ccccn1)C(=O)C1(C)CCNCC1. The zero-order chi connectivity index (χ0) is 15.1. The van der Waals surface area contributed by atoms with E-state index in [4.69, 9.17) is 4.74 Å². The number of carbonyl (C=O) groups is 1. The van der Waals surface area contributed by atoms with Crippen molar-refractivity contribution in [3.05, 3.63) is 30.1 Å². The Hall–Kier alpha value is -1.46. The molecule has 5 nitrogen and oxygen atoms in total. The van der Waals surface area contributed by atoms with Crippen LogP contribution in [0.3, 0.4) is 0 Å². The number of piperidine rings is 1. The zero-order valence-electron chi connectivity index (χ0n) is 13.0. The number of hydrogen-bond donors (Lipinski definition) is 1. The predicted molar refractivity (Wildman–Crippen MR) is 81.7 cm³/mol. The highest BCUT2D eigenvalue weighted by atomic mass is 16.5. The van der Waals surface area contributed by atoms with Crippen LogP contribution >= 0.6 is 0 Å². The highest BCUT2D eigenvalue weighted by Crippen LogP contribution is 2.30. The molecule has 0 saturated carbocycles. The highest BCUT2D eigenvalue weighted by Gasteiger charge is 2.37. The van der Waals surface area contributed by atoms with Crippen LogP contribution in [-0.2, 0) is 16.1 Å². The summed E-state index contributed by atoms with van der Waals surface area (Å²) in [5.74, 6) is 0.215. The molecule has 0 aliphatic carbocycles. The minimum absolute atomic E-state index is 0.215. The van der Waals surface area contributed by atoms with Crippen molar-refractivity contribution < 1.29 is 9.53 Å². The number of ether oxygens (including phenoxy) is 1. The quantitative estimate of drug-likeness (QED) is 0.862. The van der Waals surface area contributed by atoms with Gasteiger partial charge in [0.25, 0.3) is 0 Å². The summed E-state index contributed by atoms with van der Waals surface area (Å²) in [6.45, 7) is 5.59. The lowest BCUT2D eigenvalue weighted by atomic mass is 9.79. The molecule has 1 aromatic rings. The van der Waals surface area contributed by atoms with E-state index in [2.05, 4.69) is 17.2 Å². The third-order valence-electron chi connectivity index (χ3n) is 4.15. The van der Waals surface area contributed by atoms with Crippen molar-refractivity contribution in [3.8, 4) is 0 Å². The van der Waals surface area contributed by atoms with Crippen LogP contribution in [0.1, 0.15) is 25.5 Å². The second-order valence-electron chi connectivity index (χ2n) is 5.85. The molecule has 0 unspecified atom stereocenters. The van der Waals surface area contributed by atoms with Gasteiger partial charge in [0.1, 0.15) is 0 Å². The van der Waals surface area contributed by atoms with E-state index >= 15 is 0 Å². The van der Waals surface area contributed by atoms with Gasteiger partial charge in [0.2, 0.25) is 5.91 Å². The molecule has 21 heavy (non-hydrogen) atoms. The lowest BCUT2D eigenvalue weighted by Crippen LogP contribution is -2.48. The molecular formula is C16H25N3O2. The Kier molecular flexibility index (Phi) is 5.70. The van der Waals surface area contributed by atoms with Crippen molar-refractivity contribution in [2.24, 2.45) is 5.41 Å². The maximum absolute atomic E-state index is 12.9. The summed E-state index contributed by atoms with van der Waals surface area (Å²) < 4.78 is 5.15. The van der Waals surface area contributed by atoms with E-state index in [-0.39, 0.29) is 11.3 Å². The minimum atomic E-state index is -0.270. The smallest absolute Gasteiger partial charge is 0.229 e. The van der Waals surface area contributed by atoms with Gasteiger partial charge < -0.3 is 15.0 Å². The molecule has 0 bridgehead atoms. The number of amides is 1. The van der Waals surface area contributed by atoms with Gasteiger partial charge in [-0.2, -0.15) is 0 Å². The van der Waals surface area contributed by atoms with Crippen LogP contribution in [0.5, 0.6) is 0 Å². The Morgan fingerprint density at radius 2 is 2.19 bits per heavy atom. The summed E-state index contributed by atoms with van der Waals surface area (Å²) in [6, 6.07) is 5.80. The summed E-state index contributed by atoms with van der Waals surface area (Å²) in [4.78, 5) is 19.2. The van der Waals surface area contributed by atoms with Crippen molar-refractivity contribution in [3.63, 3.8) is 0 Å². The molecule has 0 spiro atoms. The Balaban J connectivity index is 2.09. The maximum Gasteiger partial charge on any atom is 0.229 e. The van der Waals surface area contributed by atoms with Crippen LogP contribution in [-0.4, -0.2) is 49.1 Å². The number of nitrogens with zero attached hydrogens (tertiary/aromatic N) is 2. The highest BCUT2D eigenvalue weighted by molar-refractivity contribution is 5.82. The van der Waals surface area contributed by atoms with E-state index < -0.39 is 0 Å². The molecule has 1 aliphatic rings. The topological polar surface area (TPSA) is 54.5 Å². The molecular weight excluding hydrogens is 266 g/mol. The average molecular weight is 291 g/mol. The summed E-state index contributed by atoms with van der Waals surface area (Å²) >= 11 is 0. The fraction of sp³-hybridized carbons (Fsp3) is 0.625. The van der Waals surface area contributed by atoms with Crippen molar-refractivity contribution in [2.45, 2.75) is 26.3 Å². The standard InChI is InChI=1S/C16H25N3O2/c1-16(6-9-17-10-7-16)15(20)19(11-12-21-2)13-14-5-3-4-8-18-14/h3-5,8,17H,6-7,9-13H2,1-2H3. The van der Waals surface area contributed by atoms with Gasteiger partial charge in [0, 0.05) is 25.3 Å². The van der Waals surface area contributed by atoms with Crippen molar-refractivity contribution in [2.75, 3.05) is 33.4 Å². The van der Waals surface area contributed by atoms with E-state index in [1.807, 2.05) is 23.1 Å². The van der Waals surface area contributed by atoms with Crippen LogP contribution < -0.4 is 5.32 Å². The van der Waals surface area contributed by atoms with Crippen molar-refractivity contribution in [1.29, 1.82) is 0 Å². The van der Waals surface area contributed by atoms with E-state index in [0.29, 0.717) is 19.7 Å². The van der Waals surface area contributed by atoms with Crippen LogP contribution in [0.4, 0.5) is 0 Å². The number of methoxy groups -OCH3 is 1. The molecule has 116 valence electrons. The number of pyridine rings is 1. The first-order valence-electron chi connectivity index (χ1n) is 7.55. The number of hydrogen-bond acceptors (Lipinski definition) is 4. The Morgan fingerprint density at radius 3 is 2.81 bits per heavy atom. The number of carbonyl (C=O) groups excluding carboxylic acids is 1. The largest absolute Gasteiger partial charge is 0.383 e. The fourth-order valence-electron chi connectivity index (χ4n) is 2.72. The molecule has 0 radical (unpaired) electrons. The Morgan fingerprint density at radius 1 is 1.43 bits per heavy atom. The van der Waals surface area contributed by atoms with E-state index in [9.17, 15) is 4.79 Å². The third kappa shape index (κ3) is 4.25. The van der Waals surface area contributed by atoms with Crippen LogP contribution in [0.15, 0.2) is 24.4 Å². The first-order valence-corrected chi connectivity index (χ1v) is 7.55. The van der Waals surface area contributed by atoms with E-state index in [1.54, 1.807) is 13.3 Å². The average Bonchev–Trinajstić information content (AvgIpc) is 2.52. The van der Waals surface area contributed by atoms with Crippen LogP contribution in [0.25, 0.3) is 0 Å². The van der Waals surface area contributed by atoms with Gasteiger partial charge in [-0.05, 0) is 38.1 Å². The van der Waals surface area contributed by atoms with Gasteiger partial charge in [0.15, 0.2) is 0 Å². The second kappa shape index (κ2) is 7.52. The fourth-order valence-corrected chi connectivity index (χ4v) is 2.72. The molecule has 1 saturated heterocycles. The summed E-state index contributed by atoms with van der Waals surface area (Å²) in [6.07, 6.45) is 3.54. The van der Waals surface area contributed by atoms with E-state index in [0.717, 1.165) is 31.6 Å².